The van der Waals surface area contributed by atoms with Crippen LogP contribution < -0.4 is 14.5 Å². The monoisotopic (exact) mass is 423 g/mol. The maximum absolute atomic E-state index is 12.2. The lowest BCUT2D eigenvalue weighted by atomic mass is 9.96. The number of piperazine rings is 1. The van der Waals surface area contributed by atoms with E-state index in [1.807, 2.05) is 36.1 Å². The van der Waals surface area contributed by atoms with Crippen molar-refractivity contribution in [1.29, 1.82) is 0 Å². The highest BCUT2D eigenvalue weighted by atomic mass is 16.5. The average molecular weight is 424 g/mol. The number of hydrogen-bond donors (Lipinski definition) is 1. The van der Waals surface area contributed by atoms with E-state index < -0.39 is 6.10 Å². The lowest BCUT2D eigenvalue weighted by Crippen LogP contribution is -2.47. The molecule has 2 aromatic carbocycles. The number of fused-ring (bicyclic) bond motifs is 1. The smallest absolute Gasteiger partial charge is 0.226 e. The Morgan fingerprint density at radius 1 is 1.10 bits per heavy atom. The van der Waals surface area contributed by atoms with Crippen LogP contribution in [0, 0.1) is 0 Å². The predicted octanol–water partition coefficient (Wildman–Crippen LogP) is 3.24. The standard InChI is InChI=1S/C25H33N3O3/c1-3-25(30)28-11-5-6-19-16-20(9-10-23(19)28)24(29)18-26-12-14-27(15-13-26)21-7-4-8-22(17-21)31-2/h4,7-10,16-17,24,29H,3,5-6,11-15,18H2,1-2H3/t24-/m1/s1. The molecule has 1 N–H and O–H groups in total. The molecule has 6 heteroatoms. The van der Waals surface area contributed by atoms with Crippen molar-refractivity contribution in [3.05, 3.63) is 53.6 Å². The number of methoxy groups -OCH3 is 1. The normalized spacial score (nSPS) is 17.9. The number of rotatable bonds is 6. The maximum Gasteiger partial charge on any atom is 0.226 e. The molecule has 0 bridgehead atoms. The second kappa shape index (κ2) is 9.71. The number of β-amino-alcohol motifs (C(OH)–C–C–N with tert-alkyl or cyclic N) is 1. The summed E-state index contributed by atoms with van der Waals surface area (Å²) in [5, 5.41) is 10.9. The first-order chi connectivity index (χ1) is 15.1. The molecular formula is C25H33N3O3. The van der Waals surface area contributed by atoms with Gasteiger partial charge in [0.15, 0.2) is 0 Å². The van der Waals surface area contributed by atoms with Crippen molar-refractivity contribution in [3.63, 3.8) is 0 Å². The molecule has 4 rings (SSSR count). The third kappa shape index (κ3) is 4.86. The van der Waals surface area contributed by atoms with Crippen LogP contribution in [0.5, 0.6) is 5.75 Å². The molecule has 1 saturated heterocycles. The van der Waals surface area contributed by atoms with Gasteiger partial charge < -0.3 is 19.6 Å². The Balaban J connectivity index is 1.36. The van der Waals surface area contributed by atoms with Crippen LogP contribution in [0.1, 0.15) is 37.0 Å². The van der Waals surface area contributed by atoms with E-state index in [4.69, 9.17) is 4.74 Å². The van der Waals surface area contributed by atoms with Gasteiger partial charge >= 0.3 is 0 Å². The van der Waals surface area contributed by atoms with Crippen LogP contribution >= 0.6 is 0 Å². The number of hydrogen-bond acceptors (Lipinski definition) is 5. The highest BCUT2D eigenvalue weighted by Gasteiger charge is 2.24. The summed E-state index contributed by atoms with van der Waals surface area (Å²) in [7, 11) is 1.69. The minimum atomic E-state index is -0.522. The summed E-state index contributed by atoms with van der Waals surface area (Å²) in [6, 6.07) is 14.3. The van der Waals surface area contributed by atoms with Crippen LogP contribution in [0.15, 0.2) is 42.5 Å². The van der Waals surface area contributed by atoms with E-state index in [0.29, 0.717) is 13.0 Å². The lowest BCUT2D eigenvalue weighted by Gasteiger charge is -2.37. The number of aliphatic hydroxyl groups is 1. The van der Waals surface area contributed by atoms with Crippen molar-refractivity contribution < 1.29 is 14.6 Å². The molecule has 2 aromatic rings. The van der Waals surface area contributed by atoms with Crippen molar-refractivity contribution in [2.75, 3.05) is 56.2 Å². The molecule has 0 aromatic heterocycles. The van der Waals surface area contributed by atoms with E-state index in [0.717, 1.165) is 62.6 Å². The van der Waals surface area contributed by atoms with Crippen LogP contribution in [0.4, 0.5) is 11.4 Å². The number of carbonyl (C=O) groups is 1. The van der Waals surface area contributed by atoms with Crippen molar-refractivity contribution in [2.24, 2.45) is 0 Å². The summed E-state index contributed by atoms with van der Waals surface area (Å²) < 4.78 is 5.34. The molecule has 0 unspecified atom stereocenters. The van der Waals surface area contributed by atoms with Crippen molar-refractivity contribution in [3.8, 4) is 5.75 Å². The molecule has 2 aliphatic heterocycles. The van der Waals surface area contributed by atoms with Crippen LogP contribution in [0.2, 0.25) is 0 Å². The van der Waals surface area contributed by atoms with Crippen molar-refractivity contribution >= 4 is 17.3 Å². The van der Waals surface area contributed by atoms with Crippen LogP contribution in [-0.2, 0) is 11.2 Å². The fourth-order valence-electron chi connectivity index (χ4n) is 4.62. The molecule has 0 spiro atoms. The molecule has 2 heterocycles. The number of benzene rings is 2. The fourth-order valence-corrected chi connectivity index (χ4v) is 4.62. The zero-order valence-corrected chi connectivity index (χ0v) is 18.6. The van der Waals surface area contributed by atoms with Gasteiger partial charge in [-0.05, 0) is 42.2 Å². The average Bonchev–Trinajstić information content (AvgIpc) is 2.83. The fraction of sp³-hybridized carbons (Fsp3) is 0.480. The molecule has 0 aliphatic carbocycles. The second-order valence-electron chi connectivity index (χ2n) is 8.40. The van der Waals surface area contributed by atoms with Gasteiger partial charge in [-0.15, -0.1) is 0 Å². The van der Waals surface area contributed by atoms with Gasteiger partial charge in [0.05, 0.1) is 13.2 Å². The number of aliphatic hydroxyl groups excluding tert-OH is 1. The Morgan fingerprint density at radius 3 is 2.65 bits per heavy atom. The third-order valence-corrected chi connectivity index (χ3v) is 6.43. The van der Waals surface area contributed by atoms with Gasteiger partial charge in [-0.2, -0.15) is 0 Å². The summed E-state index contributed by atoms with van der Waals surface area (Å²) in [4.78, 5) is 18.8. The zero-order chi connectivity index (χ0) is 21.8. The number of aryl methyl sites for hydroxylation is 1. The van der Waals surface area contributed by atoms with Crippen LogP contribution in [0.25, 0.3) is 0 Å². The molecule has 166 valence electrons. The molecule has 1 atom stereocenters. The van der Waals surface area contributed by atoms with Gasteiger partial charge in [0.1, 0.15) is 5.75 Å². The van der Waals surface area contributed by atoms with E-state index >= 15 is 0 Å². The van der Waals surface area contributed by atoms with E-state index in [1.54, 1.807) is 7.11 Å². The minimum absolute atomic E-state index is 0.170. The Hall–Kier alpha value is -2.57. The third-order valence-electron chi connectivity index (χ3n) is 6.43. The number of ether oxygens (including phenoxy) is 1. The van der Waals surface area contributed by atoms with Gasteiger partial charge in [-0.1, -0.05) is 25.1 Å². The molecule has 31 heavy (non-hydrogen) atoms. The SMILES string of the molecule is CCC(=O)N1CCCc2cc([C@H](O)CN3CCN(c4cccc(OC)c4)CC3)ccc21. The number of carbonyl (C=O) groups excluding carboxylic acids is 1. The molecular weight excluding hydrogens is 390 g/mol. The molecule has 0 saturated carbocycles. The summed E-state index contributed by atoms with van der Waals surface area (Å²) >= 11 is 0. The maximum atomic E-state index is 12.2. The summed E-state index contributed by atoms with van der Waals surface area (Å²) in [6.07, 6.45) is 1.93. The predicted molar refractivity (Wildman–Crippen MR) is 124 cm³/mol. The van der Waals surface area contributed by atoms with E-state index in [-0.39, 0.29) is 5.91 Å². The Morgan fingerprint density at radius 2 is 1.90 bits per heavy atom. The van der Waals surface area contributed by atoms with Crippen molar-refractivity contribution in [2.45, 2.75) is 32.3 Å². The van der Waals surface area contributed by atoms with E-state index in [1.165, 1.54) is 11.3 Å². The number of anilines is 2. The topological polar surface area (TPSA) is 56.3 Å². The number of amides is 1. The minimum Gasteiger partial charge on any atom is -0.497 e. The second-order valence-corrected chi connectivity index (χ2v) is 8.40. The van der Waals surface area contributed by atoms with Crippen LogP contribution in [0.3, 0.4) is 0 Å². The van der Waals surface area contributed by atoms with E-state index in [2.05, 4.69) is 28.0 Å². The summed E-state index contributed by atoms with van der Waals surface area (Å²) in [6.45, 7) is 7.01. The molecule has 0 radical (unpaired) electrons. The highest BCUT2D eigenvalue weighted by molar-refractivity contribution is 5.94. The Labute approximate surface area is 185 Å². The Kier molecular flexibility index (Phi) is 6.78. The molecule has 2 aliphatic rings. The largest absolute Gasteiger partial charge is 0.497 e. The van der Waals surface area contributed by atoms with Crippen LogP contribution in [-0.4, -0.2) is 62.3 Å². The van der Waals surface area contributed by atoms with Crippen molar-refractivity contribution in [1.82, 2.24) is 4.90 Å². The number of nitrogens with zero attached hydrogens (tertiary/aromatic N) is 3. The van der Waals surface area contributed by atoms with Gasteiger partial charge in [0.25, 0.3) is 0 Å². The quantitative estimate of drug-likeness (QED) is 0.773. The molecule has 1 amide bonds. The molecule has 6 nitrogen and oxygen atoms in total. The van der Waals surface area contributed by atoms with E-state index in [9.17, 15) is 9.90 Å². The van der Waals surface area contributed by atoms with Gasteiger partial charge in [0, 0.05) is 63.1 Å². The lowest BCUT2D eigenvalue weighted by molar-refractivity contribution is -0.118. The van der Waals surface area contributed by atoms with Gasteiger partial charge in [-0.3, -0.25) is 9.69 Å². The summed E-state index contributed by atoms with van der Waals surface area (Å²) in [5.41, 5.74) is 4.31. The Bertz CT molecular complexity index is 909. The zero-order valence-electron chi connectivity index (χ0n) is 18.6. The first-order valence-corrected chi connectivity index (χ1v) is 11.3. The first kappa shape index (κ1) is 21.7. The summed E-state index contributed by atoms with van der Waals surface area (Å²) in [5.74, 6) is 1.05. The van der Waals surface area contributed by atoms with Gasteiger partial charge in [-0.25, -0.2) is 0 Å². The highest BCUT2D eigenvalue weighted by Crippen LogP contribution is 2.31. The van der Waals surface area contributed by atoms with Gasteiger partial charge in [0.2, 0.25) is 5.91 Å². The molecule has 1 fully saturated rings. The first-order valence-electron chi connectivity index (χ1n) is 11.3.